The third-order valence-electron chi connectivity index (χ3n) is 3.58. The van der Waals surface area contributed by atoms with Crippen LogP contribution in [-0.4, -0.2) is 21.2 Å². The van der Waals surface area contributed by atoms with Crippen molar-refractivity contribution in [3.05, 3.63) is 29.8 Å². The number of benzene rings is 1. The van der Waals surface area contributed by atoms with Gasteiger partial charge in [-0.3, -0.25) is 4.18 Å². The number of aryl methyl sites for hydroxylation is 1. The van der Waals surface area contributed by atoms with Gasteiger partial charge < -0.3 is 0 Å². The molecule has 22 heavy (non-hydrogen) atoms. The van der Waals surface area contributed by atoms with Gasteiger partial charge in [-0.15, -0.1) is 0 Å². The summed E-state index contributed by atoms with van der Waals surface area (Å²) in [6.45, 7) is 4.05. The van der Waals surface area contributed by atoms with Gasteiger partial charge in [-0.05, 0) is 38.3 Å². The lowest BCUT2D eigenvalue weighted by Crippen LogP contribution is -2.09. The minimum atomic E-state index is -3.72. The summed E-state index contributed by atoms with van der Waals surface area (Å²) in [5, 5.41) is 0. The van der Waals surface area contributed by atoms with Gasteiger partial charge in [-0.25, -0.2) is 4.39 Å². The molecule has 0 aliphatic rings. The molecule has 1 unspecified atom stereocenters. The van der Waals surface area contributed by atoms with E-state index in [-0.39, 0.29) is 11.5 Å². The van der Waals surface area contributed by atoms with Gasteiger partial charge in [0.15, 0.2) is 0 Å². The predicted octanol–water partition coefficient (Wildman–Crippen LogP) is 4.79. The summed E-state index contributed by atoms with van der Waals surface area (Å²) in [5.74, 6) is 0. The predicted molar refractivity (Wildman–Crippen MR) is 87.2 cm³/mol. The molecule has 0 heterocycles. The molecule has 0 aliphatic carbocycles. The van der Waals surface area contributed by atoms with E-state index in [0.29, 0.717) is 19.3 Å². The third kappa shape index (κ3) is 7.36. The minimum absolute atomic E-state index is 0.0333. The molecule has 0 spiro atoms. The van der Waals surface area contributed by atoms with Gasteiger partial charge in [-0.2, -0.15) is 8.42 Å². The largest absolute Gasteiger partial charge is 0.296 e. The summed E-state index contributed by atoms with van der Waals surface area (Å²) in [6, 6.07) is 6.50. The van der Waals surface area contributed by atoms with Crippen LogP contribution in [0.3, 0.4) is 0 Å². The standard InChI is InChI=1S/C17H27FO3S/c1-3-4-5-6-8-16(18)9-7-14-21-22(19,20)17-12-10-15(2)11-13-17/h10-13,16H,3-9,14H2,1-2H3. The molecular formula is C17H27FO3S. The Morgan fingerprint density at radius 3 is 2.32 bits per heavy atom. The van der Waals surface area contributed by atoms with Gasteiger partial charge >= 0.3 is 0 Å². The fraction of sp³-hybridized carbons (Fsp3) is 0.647. The second-order valence-corrected chi connectivity index (χ2v) is 7.29. The number of unbranched alkanes of at least 4 members (excludes halogenated alkanes) is 3. The molecule has 0 saturated heterocycles. The molecule has 0 N–H and O–H groups in total. The fourth-order valence-electron chi connectivity index (χ4n) is 2.18. The van der Waals surface area contributed by atoms with E-state index in [1.165, 1.54) is 12.1 Å². The van der Waals surface area contributed by atoms with Gasteiger partial charge in [0.25, 0.3) is 10.1 Å². The topological polar surface area (TPSA) is 43.4 Å². The first kappa shape index (κ1) is 19.1. The molecule has 0 fully saturated rings. The molecule has 3 nitrogen and oxygen atoms in total. The maximum absolute atomic E-state index is 13.6. The van der Waals surface area contributed by atoms with E-state index in [1.807, 2.05) is 6.92 Å². The van der Waals surface area contributed by atoms with Crippen LogP contribution in [0.5, 0.6) is 0 Å². The molecule has 0 saturated carbocycles. The number of hydrogen-bond acceptors (Lipinski definition) is 3. The van der Waals surface area contributed by atoms with Crippen LogP contribution in [0.2, 0.25) is 0 Å². The average Bonchev–Trinajstić information content (AvgIpc) is 2.49. The summed E-state index contributed by atoms with van der Waals surface area (Å²) in [7, 11) is -3.72. The zero-order valence-electron chi connectivity index (χ0n) is 13.6. The van der Waals surface area contributed by atoms with E-state index in [9.17, 15) is 12.8 Å². The quantitative estimate of drug-likeness (QED) is 0.433. The Balaban J connectivity index is 2.24. The summed E-state index contributed by atoms with van der Waals surface area (Å²) >= 11 is 0. The normalized spacial score (nSPS) is 13.2. The second-order valence-electron chi connectivity index (χ2n) is 5.68. The zero-order chi connectivity index (χ0) is 16.4. The summed E-state index contributed by atoms with van der Waals surface area (Å²) in [4.78, 5) is 0.148. The summed E-state index contributed by atoms with van der Waals surface area (Å²) < 4.78 is 42.4. The average molecular weight is 330 g/mol. The molecule has 0 aliphatic heterocycles. The van der Waals surface area contributed by atoms with Crippen molar-refractivity contribution in [3.8, 4) is 0 Å². The van der Waals surface area contributed by atoms with Crippen molar-refractivity contribution in [2.24, 2.45) is 0 Å². The van der Waals surface area contributed by atoms with Crippen molar-refractivity contribution < 1.29 is 17.0 Å². The van der Waals surface area contributed by atoms with E-state index < -0.39 is 16.3 Å². The molecule has 0 aromatic heterocycles. The first-order chi connectivity index (χ1) is 10.5. The molecule has 5 heteroatoms. The number of halogens is 1. The third-order valence-corrected chi connectivity index (χ3v) is 4.91. The highest BCUT2D eigenvalue weighted by molar-refractivity contribution is 7.86. The molecule has 0 bridgehead atoms. The van der Waals surface area contributed by atoms with Gasteiger partial charge in [0.2, 0.25) is 0 Å². The van der Waals surface area contributed by atoms with Crippen LogP contribution in [0.15, 0.2) is 29.2 Å². The van der Waals surface area contributed by atoms with Crippen molar-refractivity contribution in [3.63, 3.8) is 0 Å². The lowest BCUT2D eigenvalue weighted by molar-refractivity contribution is 0.247. The molecule has 1 atom stereocenters. The zero-order valence-corrected chi connectivity index (χ0v) is 14.4. The highest BCUT2D eigenvalue weighted by Crippen LogP contribution is 2.16. The second kappa shape index (κ2) is 9.95. The van der Waals surface area contributed by atoms with Gasteiger partial charge in [0, 0.05) is 0 Å². The van der Waals surface area contributed by atoms with Crippen LogP contribution in [-0.2, 0) is 14.3 Å². The smallest absolute Gasteiger partial charge is 0.266 e. The van der Waals surface area contributed by atoms with Crippen LogP contribution in [0.25, 0.3) is 0 Å². The summed E-state index contributed by atoms with van der Waals surface area (Å²) in [6.07, 6.45) is 4.72. The number of alkyl halides is 1. The molecule has 126 valence electrons. The minimum Gasteiger partial charge on any atom is -0.266 e. The Labute approximate surface area is 134 Å². The maximum atomic E-state index is 13.6. The van der Waals surface area contributed by atoms with Gasteiger partial charge in [0.1, 0.15) is 6.17 Å². The van der Waals surface area contributed by atoms with Crippen LogP contribution < -0.4 is 0 Å². The Kier molecular flexibility index (Phi) is 8.64. The lowest BCUT2D eigenvalue weighted by Gasteiger charge is -2.09. The van der Waals surface area contributed by atoms with Crippen molar-refractivity contribution in [2.45, 2.75) is 69.9 Å². The molecule has 0 amide bonds. The molecule has 1 rings (SSSR count). The Morgan fingerprint density at radius 2 is 1.68 bits per heavy atom. The Hall–Kier alpha value is -0.940. The van der Waals surface area contributed by atoms with Gasteiger partial charge in [0.05, 0.1) is 11.5 Å². The monoisotopic (exact) mass is 330 g/mol. The maximum Gasteiger partial charge on any atom is 0.296 e. The number of rotatable bonds is 11. The first-order valence-electron chi connectivity index (χ1n) is 8.06. The van der Waals surface area contributed by atoms with Crippen molar-refractivity contribution in [1.29, 1.82) is 0 Å². The molecule has 1 aromatic rings. The SMILES string of the molecule is CCCCCCC(F)CCCOS(=O)(=O)c1ccc(C)cc1. The summed E-state index contributed by atoms with van der Waals surface area (Å²) in [5.41, 5.74) is 0.988. The fourth-order valence-corrected chi connectivity index (χ4v) is 3.13. The van der Waals surface area contributed by atoms with Gasteiger partial charge in [-0.1, -0.05) is 50.3 Å². The van der Waals surface area contributed by atoms with E-state index in [2.05, 4.69) is 6.92 Å². The van der Waals surface area contributed by atoms with Crippen LogP contribution in [0.4, 0.5) is 4.39 Å². The highest BCUT2D eigenvalue weighted by atomic mass is 32.2. The Bertz CT molecular complexity index is 511. The molecule has 1 aromatic carbocycles. The van der Waals surface area contributed by atoms with E-state index in [1.54, 1.807) is 12.1 Å². The van der Waals surface area contributed by atoms with Crippen LogP contribution in [0, 0.1) is 6.92 Å². The molecular weight excluding hydrogens is 303 g/mol. The van der Waals surface area contributed by atoms with Crippen molar-refractivity contribution in [2.75, 3.05) is 6.61 Å². The van der Waals surface area contributed by atoms with Crippen LogP contribution >= 0.6 is 0 Å². The number of hydrogen-bond donors (Lipinski definition) is 0. The lowest BCUT2D eigenvalue weighted by atomic mass is 10.1. The van der Waals surface area contributed by atoms with E-state index in [0.717, 1.165) is 31.2 Å². The highest BCUT2D eigenvalue weighted by Gasteiger charge is 2.15. The molecule has 0 radical (unpaired) electrons. The van der Waals surface area contributed by atoms with Crippen molar-refractivity contribution >= 4 is 10.1 Å². The van der Waals surface area contributed by atoms with E-state index in [4.69, 9.17) is 4.18 Å². The van der Waals surface area contributed by atoms with Crippen LogP contribution in [0.1, 0.15) is 57.4 Å². The van der Waals surface area contributed by atoms with Crippen molar-refractivity contribution in [1.82, 2.24) is 0 Å². The Morgan fingerprint density at radius 1 is 1.05 bits per heavy atom. The first-order valence-corrected chi connectivity index (χ1v) is 9.46. The van der Waals surface area contributed by atoms with E-state index >= 15 is 0 Å².